The summed E-state index contributed by atoms with van der Waals surface area (Å²) in [5.74, 6) is 0.255. The van der Waals surface area contributed by atoms with Crippen molar-refractivity contribution in [3.8, 4) is 6.07 Å². The van der Waals surface area contributed by atoms with Crippen LogP contribution in [0.3, 0.4) is 0 Å². The van der Waals surface area contributed by atoms with Crippen LogP contribution in [0.15, 0.2) is 72.8 Å². The smallest absolute Gasteiger partial charge is 0.257 e. The number of hydrogen-bond acceptors (Lipinski definition) is 5. The topological polar surface area (TPSA) is 103 Å². The molecule has 0 aliphatic rings. The second-order valence-corrected chi connectivity index (χ2v) is 7.57. The molecule has 182 valence electrons. The summed E-state index contributed by atoms with van der Waals surface area (Å²) in [6.07, 6.45) is 1.25. The summed E-state index contributed by atoms with van der Waals surface area (Å²) in [5, 5.41) is 22.2. The van der Waals surface area contributed by atoms with E-state index in [0.717, 1.165) is 29.4 Å². The predicted molar refractivity (Wildman–Crippen MR) is 142 cm³/mol. The van der Waals surface area contributed by atoms with Gasteiger partial charge >= 0.3 is 0 Å². The van der Waals surface area contributed by atoms with E-state index in [1.807, 2.05) is 54.0 Å². The third kappa shape index (κ3) is 7.42. The maximum atomic E-state index is 12.6. The molecule has 7 heteroatoms. The number of nitrogens with zero attached hydrogens (tertiary/aromatic N) is 3. The van der Waals surface area contributed by atoms with Crippen molar-refractivity contribution < 1.29 is 9.90 Å². The lowest BCUT2D eigenvalue weighted by atomic mass is 10.1. The number of para-hydroxylation sites is 1. The maximum absolute atomic E-state index is 12.6. The van der Waals surface area contributed by atoms with Crippen LogP contribution in [0.4, 0.5) is 11.6 Å². The predicted octanol–water partition coefficient (Wildman–Crippen LogP) is 5.82. The van der Waals surface area contributed by atoms with Crippen LogP contribution in [0.25, 0.3) is 11.0 Å². The van der Waals surface area contributed by atoms with Crippen LogP contribution >= 0.6 is 0 Å². The van der Waals surface area contributed by atoms with E-state index in [-0.39, 0.29) is 5.91 Å². The van der Waals surface area contributed by atoms with Gasteiger partial charge in [-0.05, 0) is 61.0 Å². The molecular formula is C28H33N5O2. The molecule has 0 saturated carbocycles. The van der Waals surface area contributed by atoms with Gasteiger partial charge in [0, 0.05) is 31.5 Å². The number of hydrogen-bond donors (Lipinski definition) is 3. The minimum Gasteiger partial charge on any atom is -0.400 e. The van der Waals surface area contributed by atoms with E-state index >= 15 is 0 Å². The molecule has 3 N–H and O–H groups in total. The molecule has 4 rings (SSSR count). The van der Waals surface area contributed by atoms with Crippen molar-refractivity contribution in [3.05, 3.63) is 89.5 Å². The number of anilines is 2. The summed E-state index contributed by atoms with van der Waals surface area (Å²) in [4.78, 5) is 17.3. The molecule has 0 aliphatic carbocycles. The van der Waals surface area contributed by atoms with Crippen molar-refractivity contribution in [3.63, 3.8) is 0 Å². The van der Waals surface area contributed by atoms with Crippen molar-refractivity contribution in [1.29, 1.82) is 5.26 Å². The van der Waals surface area contributed by atoms with Gasteiger partial charge in [-0.3, -0.25) is 10.1 Å². The van der Waals surface area contributed by atoms with Crippen molar-refractivity contribution in [2.45, 2.75) is 40.3 Å². The first-order valence-corrected chi connectivity index (χ1v) is 11.6. The summed E-state index contributed by atoms with van der Waals surface area (Å²) in [5.41, 5.74) is 4.97. The summed E-state index contributed by atoms with van der Waals surface area (Å²) < 4.78 is 1.98. The number of aromatic nitrogens is 2. The Hall–Kier alpha value is -4.15. The Labute approximate surface area is 207 Å². The molecule has 4 aromatic rings. The van der Waals surface area contributed by atoms with E-state index in [0.29, 0.717) is 30.2 Å². The SMILES string of the molecule is CCC.CCn1c(NC(=O)c2ccc(C#N)cc2)nc2cc(CNc3ccccc3)ccc21.CO. The minimum absolute atomic E-state index is 0.254. The number of carbonyl (C=O) groups excluding carboxylic acids is 1. The average molecular weight is 472 g/mol. The lowest BCUT2D eigenvalue weighted by Crippen LogP contribution is -2.15. The highest BCUT2D eigenvalue weighted by molar-refractivity contribution is 6.04. The highest BCUT2D eigenvalue weighted by Gasteiger charge is 2.14. The molecular weight excluding hydrogens is 438 g/mol. The van der Waals surface area contributed by atoms with Crippen LogP contribution in [0.2, 0.25) is 0 Å². The summed E-state index contributed by atoms with van der Waals surface area (Å²) in [6.45, 7) is 7.64. The van der Waals surface area contributed by atoms with Gasteiger partial charge in [0.1, 0.15) is 0 Å². The fraction of sp³-hybridized carbons (Fsp3) is 0.250. The average Bonchev–Trinajstić information content (AvgIpc) is 3.25. The van der Waals surface area contributed by atoms with E-state index in [9.17, 15) is 4.79 Å². The van der Waals surface area contributed by atoms with Crippen LogP contribution in [0.5, 0.6) is 0 Å². The van der Waals surface area contributed by atoms with E-state index in [2.05, 4.69) is 41.6 Å². The van der Waals surface area contributed by atoms with Crippen LogP contribution in [0.1, 0.15) is 48.7 Å². The number of nitrogens with one attached hydrogen (secondary N) is 2. The number of imidazole rings is 1. The third-order valence-corrected chi connectivity index (χ3v) is 4.90. The fourth-order valence-electron chi connectivity index (χ4n) is 3.33. The Balaban J connectivity index is 0.000000803. The lowest BCUT2D eigenvalue weighted by Gasteiger charge is -2.08. The maximum Gasteiger partial charge on any atom is 0.257 e. The second kappa shape index (κ2) is 14.2. The standard InChI is InChI=1S/C24H21N5O.C3H8.CH4O/c1-2-29-22-13-10-18(16-26-20-6-4-3-5-7-20)14-21(22)27-24(29)28-23(30)19-11-8-17(15-25)9-12-19;1-3-2;1-2/h3-14,26H,2,16H2,1H3,(H,27,28,30);3H2,1-2H3;2H,1H3. The number of aliphatic hydroxyl groups is 1. The highest BCUT2D eigenvalue weighted by Crippen LogP contribution is 2.22. The Kier molecular flexibility index (Phi) is 11.0. The number of aliphatic hydroxyl groups excluding tert-OH is 1. The van der Waals surface area contributed by atoms with Gasteiger partial charge in [0.25, 0.3) is 5.91 Å². The van der Waals surface area contributed by atoms with Crippen LogP contribution in [-0.2, 0) is 13.1 Å². The third-order valence-electron chi connectivity index (χ3n) is 4.90. The fourth-order valence-corrected chi connectivity index (χ4v) is 3.33. The summed E-state index contributed by atoms with van der Waals surface area (Å²) in [6, 6.07) is 24.8. The van der Waals surface area contributed by atoms with Crippen molar-refractivity contribution >= 4 is 28.6 Å². The van der Waals surface area contributed by atoms with Gasteiger partial charge in [-0.1, -0.05) is 44.5 Å². The second-order valence-electron chi connectivity index (χ2n) is 7.57. The zero-order valence-electron chi connectivity index (χ0n) is 20.7. The van der Waals surface area contributed by atoms with Crippen molar-refractivity contribution in [2.75, 3.05) is 17.7 Å². The van der Waals surface area contributed by atoms with E-state index in [1.54, 1.807) is 24.3 Å². The van der Waals surface area contributed by atoms with E-state index in [4.69, 9.17) is 10.4 Å². The van der Waals surface area contributed by atoms with Gasteiger partial charge in [0.05, 0.1) is 22.7 Å². The quantitative estimate of drug-likeness (QED) is 0.329. The van der Waals surface area contributed by atoms with Gasteiger partial charge in [0.15, 0.2) is 0 Å². The monoisotopic (exact) mass is 471 g/mol. The normalized spacial score (nSPS) is 9.71. The molecule has 0 bridgehead atoms. The molecule has 0 unspecified atom stereocenters. The van der Waals surface area contributed by atoms with Gasteiger partial charge in [-0.25, -0.2) is 4.98 Å². The molecule has 1 heterocycles. The van der Waals surface area contributed by atoms with Gasteiger partial charge in [0.2, 0.25) is 5.95 Å². The Morgan fingerprint density at radius 1 is 1.00 bits per heavy atom. The molecule has 0 atom stereocenters. The molecule has 0 saturated heterocycles. The molecule has 1 amide bonds. The number of rotatable bonds is 6. The van der Waals surface area contributed by atoms with Crippen molar-refractivity contribution in [2.24, 2.45) is 0 Å². The molecule has 0 radical (unpaired) electrons. The number of aryl methyl sites for hydroxylation is 1. The number of nitriles is 1. The highest BCUT2D eigenvalue weighted by atomic mass is 16.2. The first kappa shape index (κ1) is 27.1. The first-order valence-electron chi connectivity index (χ1n) is 11.6. The van der Waals surface area contributed by atoms with Gasteiger partial charge < -0.3 is 15.0 Å². The first-order chi connectivity index (χ1) is 17.1. The zero-order chi connectivity index (χ0) is 25.6. The molecule has 0 fully saturated rings. The molecule has 0 spiro atoms. The van der Waals surface area contributed by atoms with E-state index < -0.39 is 0 Å². The number of fused-ring (bicyclic) bond motifs is 1. The van der Waals surface area contributed by atoms with Gasteiger partial charge in [-0.15, -0.1) is 0 Å². The van der Waals surface area contributed by atoms with E-state index in [1.165, 1.54) is 6.42 Å². The Bertz CT molecular complexity index is 1240. The largest absolute Gasteiger partial charge is 0.400 e. The van der Waals surface area contributed by atoms with Crippen LogP contribution in [-0.4, -0.2) is 27.7 Å². The number of benzene rings is 3. The van der Waals surface area contributed by atoms with Crippen molar-refractivity contribution in [1.82, 2.24) is 9.55 Å². The summed E-state index contributed by atoms with van der Waals surface area (Å²) >= 11 is 0. The molecule has 3 aromatic carbocycles. The lowest BCUT2D eigenvalue weighted by molar-refractivity contribution is 0.102. The molecule has 35 heavy (non-hydrogen) atoms. The van der Waals surface area contributed by atoms with Crippen LogP contribution < -0.4 is 10.6 Å². The molecule has 1 aromatic heterocycles. The number of carbonyl (C=O) groups is 1. The van der Waals surface area contributed by atoms with Gasteiger partial charge in [-0.2, -0.15) is 5.26 Å². The van der Waals surface area contributed by atoms with Crippen LogP contribution in [0, 0.1) is 11.3 Å². The summed E-state index contributed by atoms with van der Waals surface area (Å²) in [7, 11) is 1.00. The molecule has 7 nitrogen and oxygen atoms in total. The zero-order valence-corrected chi connectivity index (χ0v) is 20.7. The Morgan fingerprint density at radius 3 is 2.26 bits per heavy atom. The number of amides is 1. The minimum atomic E-state index is -0.254. The Morgan fingerprint density at radius 2 is 1.66 bits per heavy atom. The molecule has 0 aliphatic heterocycles.